The molecule has 0 aromatic rings. The van der Waals surface area contributed by atoms with Crippen LogP contribution in [0.25, 0.3) is 0 Å². The molecule has 0 aromatic carbocycles. The first-order valence-electron chi connectivity index (χ1n) is 32.4. The van der Waals surface area contributed by atoms with Gasteiger partial charge in [-0.2, -0.15) is 0 Å². The number of hydrogen-bond donors (Lipinski definition) is 9. The van der Waals surface area contributed by atoms with Gasteiger partial charge in [0.15, 0.2) is 12.6 Å². The first-order chi connectivity index (χ1) is 42.1. The van der Waals surface area contributed by atoms with E-state index in [4.69, 9.17) is 18.9 Å². The second-order valence-corrected chi connectivity index (χ2v) is 21.8. The van der Waals surface area contributed by atoms with Crippen molar-refractivity contribution in [1.29, 1.82) is 0 Å². The maximum Gasteiger partial charge on any atom is 0.220 e. The molecule has 484 valence electrons. The fraction of sp³-hybridized carbons (Fsp3) is 0.597. The summed E-state index contributed by atoms with van der Waals surface area (Å²) in [7, 11) is 0. The SMILES string of the molecule is CC/C=C\C/C=C\C/C=C\C/C=C\C/C=C\C/C=C\C/C=C\C/C=C\C/C=C\C/C=C\C/C=C\CCCCCCCC(=O)NC(COC1OC(CO)C(OC2OC(CO)C(O)C(O)C2O)C(O)C1O)C(O)/C=C/CC/C=C/CC/C=C/CCCCC. The first kappa shape index (κ1) is 77.4. The molecule has 2 saturated heterocycles. The van der Waals surface area contributed by atoms with Crippen LogP contribution in [0.4, 0.5) is 0 Å². The minimum atomic E-state index is -1.80. The number of allylic oxidation sites excluding steroid dienone is 27. The smallest absolute Gasteiger partial charge is 0.220 e. The molecule has 14 heteroatoms. The van der Waals surface area contributed by atoms with Crippen molar-refractivity contribution >= 4 is 5.91 Å². The Balaban J connectivity index is 1.67. The molecule has 12 atom stereocenters. The first-order valence-corrected chi connectivity index (χ1v) is 32.4. The average Bonchev–Trinajstić information content (AvgIpc) is 2.76. The molecule has 2 heterocycles. The molecule has 12 unspecified atom stereocenters. The molecule has 1 amide bonds. The summed E-state index contributed by atoms with van der Waals surface area (Å²) in [6.45, 7) is 2.57. The van der Waals surface area contributed by atoms with Gasteiger partial charge in [0.05, 0.1) is 32.0 Å². The molecule has 0 radical (unpaired) electrons. The zero-order valence-corrected chi connectivity index (χ0v) is 52.2. The zero-order valence-electron chi connectivity index (χ0n) is 52.2. The fourth-order valence-electron chi connectivity index (χ4n) is 9.21. The van der Waals surface area contributed by atoms with E-state index in [0.717, 1.165) is 128 Å². The largest absolute Gasteiger partial charge is 0.394 e. The van der Waals surface area contributed by atoms with Gasteiger partial charge in [-0.3, -0.25) is 4.79 Å². The average molecular weight is 1200 g/mol. The summed E-state index contributed by atoms with van der Waals surface area (Å²) in [4.78, 5) is 13.3. The highest BCUT2D eigenvalue weighted by Gasteiger charge is 2.51. The van der Waals surface area contributed by atoms with Gasteiger partial charge in [-0.15, -0.1) is 0 Å². The van der Waals surface area contributed by atoms with Crippen LogP contribution in [-0.2, 0) is 23.7 Å². The highest BCUT2D eigenvalue weighted by molar-refractivity contribution is 5.76. The molecule has 2 aliphatic rings. The summed E-state index contributed by atoms with van der Waals surface area (Å²) in [6.07, 6.45) is 68.4. The Hall–Kier alpha value is -4.65. The Kier molecular flexibility index (Phi) is 49.1. The van der Waals surface area contributed by atoms with Crippen LogP contribution in [0.2, 0.25) is 0 Å². The number of hydrogen-bond acceptors (Lipinski definition) is 13. The van der Waals surface area contributed by atoms with Gasteiger partial charge >= 0.3 is 0 Å². The van der Waals surface area contributed by atoms with E-state index in [0.29, 0.717) is 12.8 Å². The second kappa shape index (κ2) is 54.5. The third-order valence-corrected chi connectivity index (χ3v) is 14.4. The summed E-state index contributed by atoms with van der Waals surface area (Å²) in [5.41, 5.74) is 0. The molecule has 0 bridgehead atoms. The van der Waals surface area contributed by atoms with Gasteiger partial charge in [-0.05, 0) is 128 Å². The van der Waals surface area contributed by atoms with Crippen LogP contribution in [0.5, 0.6) is 0 Å². The fourth-order valence-corrected chi connectivity index (χ4v) is 9.21. The van der Waals surface area contributed by atoms with Crippen molar-refractivity contribution in [1.82, 2.24) is 5.32 Å². The molecule has 0 spiro atoms. The van der Waals surface area contributed by atoms with E-state index in [1.54, 1.807) is 6.08 Å². The maximum absolute atomic E-state index is 13.3. The Morgan fingerprint density at radius 2 is 0.814 bits per heavy atom. The number of rotatable bonds is 49. The molecular formula is C72H113NO13. The summed E-state index contributed by atoms with van der Waals surface area (Å²) >= 11 is 0. The Morgan fingerprint density at radius 1 is 0.430 bits per heavy atom. The summed E-state index contributed by atoms with van der Waals surface area (Å²) in [5.74, 6) is -0.282. The van der Waals surface area contributed by atoms with Gasteiger partial charge < -0.3 is 65.1 Å². The number of aliphatic hydroxyl groups is 8. The van der Waals surface area contributed by atoms with Gasteiger partial charge in [0.1, 0.15) is 48.8 Å². The van der Waals surface area contributed by atoms with Gasteiger partial charge in [-0.1, -0.05) is 216 Å². The summed E-state index contributed by atoms with van der Waals surface area (Å²) in [5, 5.41) is 87.0. The van der Waals surface area contributed by atoms with Crippen LogP contribution in [0, 0.1) is 0 Å². The standard InChI is InChI=1S/C72H113NO13/c1-3-5-7-9-11-13-15-17-18-19-20-21-22-23-24-25-26-27-28-29-30-31-32-33-34-35-36-37-38-39-40-41-42-44-46-48-50-52-54-56-64(77)73-60(61(76)55-53-51-49-47-45-43-16-14-12-10-8-6-4-2)59-83-71-69(82)67(80)70(63(58-75)85-71)86-72-68(81)66(79)65(78)62(57-74)84-72/h5,7,11-14,17-18,20-21,23-24,26-27,29-30,32-33,35-36,38-39,41-42,45,47,53,55,60-63,65-72,74-76,78-82H,3-4,6,8-10,15-16,19,22,25,28,31,34,37,40,43-44,46,48-52,54,56-59H2,1-2H3,(H,73,77)/b7-5-,13-11-,14-12+,18-17-,21-20-,24-23-,27-26-,30-29-,33-32-,36-35-,39-38-,42-41-,47-45+,55-53+. The van der Waals surface area contributed by atoms with Crippen molar-refractivity contribution in [2.24, 2.45) is 0 Å². The van der Waals surface area contributed by atoms with Crippen LogP contribution in [0.15, 0.2) is 170 Å². The lowest BCUT2D eigenvalue weighted by atomic mass is 9.97. The van der Waals surface area contributed by atoms with Crippen LogP contribution in [0.3, 0.4) is 0 Å². The molecule has 86 heavy (non-hydrogen) atoms. The number of aliphatic hydroxyl groups excluding tert-OH is 8. The van der Waals surface area contributed by atoms with Crippen LogP contribution in [0.1, 0.15) is 181 Å². The lowest BCUT2D eigenvalue weighted by Crippen LogP contribution is -2.65. The van der Waals surface area contributed by atoms with E-state index < -0.39 is 86.8 Å². The van der Waals surface area contributed by atoms with Crippen LogP contribution < -0.4 is 5.32 Å². The number of ether oxygens (including phenoxy) is 4. The Labute approximate surface area is 518 Å². The van der Waals surface area contributed by atoms with Crippen molar-refractivity contribution < 1.29 is 64.6 Å². The van der Waals surface area contributed by atoms with Crippen molar-refractivity contribution in [3.05, 3.63) is 170 Å². The van der Waals surface area contributed by atoms with Crippen molar-refractivity contribution in [3.63, 3.8) is 0 Å². The van der Waals surface area contributed by atoms with Crippen LogP contribution >= 0.6 is 0 Å². The number of carbonyl (C=O) groups excluding carboxylic acids is 1. The van der Waals surface area contributed by atoms with Gasteiger partial charge in [0.2, 0.25) is 5.91 Å². The quantitative estimate of drug-likeness (QED) is 0.0204. The molecule has 0 saturated carbocycles. The predicted octanol–water partition coefficient (Wildman–Crippen LogP) is 12.4. The van der Waals surface area contributed by atoms with Gasteiger partial charge in [0, 0.05) is 6.42 Å². The van der Waals surface area contributed by atoms with Crippen molar-refractivity contribution in [3.8, 4) is 0 Å². The third kappa shape index (κ3) is 38.6. The molecule has 2 rings (SSSR count). The molecule has 14 nitrogen and oxygen atoms in total. The van der Waals surface area contributed by atoms with E-state index in [-0.39, 0.29) is 18.9 Å². The number of carbonyl (C=O) groups is 1. The topological polar surface area (TPSA) is 228 Å². The minimum absolute atomic E-state index is 0.235. The van der Waals surface area contributed by atoms with E-state index >= 15 is 0 Å². The monoisotopic (exact) mass is 1200 g/mol. The van der Waals surface area contributed by atoms with E-state index in [1.807, 2.05) is 6.08 Å². The summed E-state index contributed by atoms with van der Waals surface area (Å²) in [6, 6.07) is -0.961. The number of nitrogens with one attached hydrogen (secondary N) is 1. The Bertz CT molecular complexity index is 2100. The maximum atomic E-state index is 13.3. The third-order valence-electron chi connectivity index (χ3n) is 14.4. The van der Waals surface area contributed by atoms with E-state index in [1.165, 1.54) is 19.3 Å². The zero-order chi connectivity index (χ0) is 62.3. The lowest BCUT2D eigenvalue weighted by Gasteiger charge is -2.46. The van der Waals surface area contributed by atoms with Crippen LogP contribution in [-0.4, -0.2) is 140 Å². The lowest BCUT2D eigenvalue weighted by molar-refractivity contribution is -0.359. The minimum Gasteiger partial charge on any atom is -0.394 e. The normalized spacial score (nSPS) is 24.6. The second-order valence-electron chi connectivity index (χ2n) is 21.8. The number of unbranched alkanes of at least 4 members (excludes halogenated alkanes) is 10. The highest BCUT2D eigenvalue weighted by Crippen LogP contribution is 2.30. The molecule has 9 N–H and O–H groups in total. The predicted molar refractivity (Wildman–Crippen MR) is 350 cm³/mol. The molecule has 2 aliphatic heterocycles. The summed E-state index contributed by atoms with van der Waals surface area (Å²) < 4.78 is 22.7. The Morgan fingerprint density at radius 3 is 1.28 bits per heavy atom. The number of amides is 1. The highest BCUT2D eigenvalue weighted by atomic mass is 16.7. The van der Waals surface area contributed by atoms with E-state index in [9.17, 15) is 45.6 Å². The van der Waals surface area contributed by atoms with Crippen molar-refractivity contribution in [2.75, 3.05) is 19.8 Å². The molecule has 0 aliphatic carbocycles. The molecule has 0 aromatic heterocycles. The molecular weight excluding hydrogens is 1090 g/mol. The molecule has 2 fully saturated rings. The van der Waals surface area contributed by atoms with Gasteiger partial charge in [0.25, 0.3) is 0 Å². The van der Waals surface area contributed by atoms with Gasteiger partial charge in [-0.25, -0.2) is 0 Å². The van der Waals surface area contributed by atoms with Crippen molar-refractivity contribution in [2.45, 2.75) is 254 Å². The van der Waals surface area contributed by atoms with E-state index in [2.05, 4.69) is 177 Å².